The second-order valence-electron chi connectivity index (χ2n) is 7.94. The molecule has 164 valence electrons. The van der Waals surface area contributed by atoms with E-state index in [-0.39, 0.29) is 18.4 Å². The highest BCUT2D eigenvalue weighted by atomic mass is 35.5. The zero-order chi connectivity index (χ0) is 21.0. The first-order chi connectivity index (χ1) is 15.3. The molecule has 3 aromatic carbocycles. The SMILES string of the molecule is Cl.Clc1ccc(C(c2nnnn2CCc2ccccc2)N2CCc3ccccc3C2)cc1. The van der Waals surface area contributed by atoms with E-state index in [0.29, 0.717) is 0 Å². The van der Waals surface area contributed by atoms with Crippen LogP contribution in [-0.2, 0) is 25.9 Å². The van der Waals surface area contributed by atoms with Gasteiger partial charge in [-0.05, 0) is 57.7 Å². The maximum absolute atomic E-state index is 6.18. The Bertz CT molecular complexity index is 1140. The van der Waals surface area contributed by atoms with Crippen LogP contribution < -0.4 is 0 Å². The van der Waals surface area contributed by atoms with Crippen LogP contribution in [0.2, 0.25) is 5.02 Å². The van der Waals surface area contributed by atoms with Crippen molar-refractivity contribution in [2.75, 3.05) is 6.54 Å². The predicted octanol–water partition coefficient (Wildman–Crippen LogP) is 5.14. The number of rotatable bonds is 6. The maximum Gasteiger partial charge on any atom is 0.173 e. The van der Waals surface area contributed by atoms with Crippen molar-refractivity contribution in [1.29, 1.82) is 0 Å². The van der Waals surface area contributed by atoms with E-state index in [1.54, 1.807) is 0 Å². The molecule has 1 unspecified atom stereocenters. The smallest absolute Gasteiger partial charge is 0.173 e. The van der Waals surface area contributed by atoms with Crippen molar-refractivity contribution in [1.82, 2.24) is 25.1 Å². The summed E-state index contributed by atoms with van der Waals surface area (Å²) in [6.45, 7) is 2.56. The minimum absolute atomic E-state index is 0. The highest BCUT2D eigenvalue weighted by Crippen LogP contribution is 2.32. The molecule has 1 atom stereocenters. The van der Waals surface area contributed by atoms with Gasteiger partial charge >= 0.3 is 0 Å². The van der Waals surface area contributed by atoms with Gasteiger partial charge in [-0.1, -0.05) is 78.3 Å². The lowest BCUT2D eigenvalue weighted by Crippen LogP contribution is -2.36. The lowest BCUT2D eigenvalue weighted by molar-refractivity contribution is 0.194. The molecule has 1 aromatic heterocycles. The maximum atomic E-state index is 6.18. The second-order valence-corrected chi connectivity index (χ2v) is 8.38. The number of tetrazole rings is 1. The molecular formula is C25H25Cl2N5. The summed E-state index contributed by atoms with van der Waals surface area (Å²) in [4.78, 5) is 2.47. The Kier molecular flexibility index (Phi) is 7.20. The first kappa shape index (κ1) is 22.5. The van der Waals surface area contributed by atoms with Gasteiger partial charge in [-0.25, -0.2) is 4.68 Å². The van der Waals surface area contributed by atoms with E-state index in [2.05, 4.69) is 81.1 Å². The summed E-state index contributed by atoms with van der Waals surface area (Å²) in [7, 11) is 0. The molecule has 5 nitrogen and oxygen atoms in total. The third-order valence-electron chi connectivity index (χ3n) is 5.97. The molecule has 0 spiro atoms. The number of nitrogens with zero attached hydrogens (tertiary/aromatic N) is 5. The van der Waals surface area contributed by atoms with Crippen LogP contribution in [0.15, 0.2) is 78.9 Å². The molecule has 5 rings (SSSR count). The molecule has 32 heavy (non-hydrogen) atoms. The Morgan fingerprint density at radius 3 is 2.38 bits per heavy atom. The number of hydrogen-bond acceptors (Lipinski definition) is 4. The minimum Gasteiger partial charge on any atom is -0.285 e. The average molecular weight is 466 g/mol. The molecular weight excluding hydrogens is 441 g/mol. The van der Waals surface area contributed by atoms with Gasteiger partial charge in [-0.2, -0.15) is 0 Å². The molecule has 0 aliphatic carbocycles. The van der Waals surface area contributed by atoms with Gasteiger partial charge in [-0.15, -0.1) is 17.5 Å². The summed E-state index contributed by atoms with van der Waals surface area (Å²) in [6.07, 6.45) is 1.90. The van der Waals surface area contributed by atoms with Crippen LogP contribution >= 0.6 is 24.0 Å². The predicted molar refractivity (Wildman–Crippen MR) is 129 cm³/mol. The van der Waals surface area contributed by atoms with Gasteiger partial charge in [0, 0.05) is 24.7 Å². The number of fused-ring (bicyclic) bond motifs is 1. The molecule has 0 bridgehead atoms. The molecule has 1 aliphatic heterocycles. The van der Waals surface area contributed by atoms with Gasteiger partial charge < -0.3 is 0 Å². The van der Waals surface area contributed by atoms with Crippen LogP contribution in [0, 0.1) is 0 Å². The van der Waals surface area contributed by atoms with Gasteiger partial charge in [0.05, 0.1) is 6.04 Å². The highest BCUT2D eigenvalue weighted by molar-refractivity contribution is 6.30. The third kappa shape index (κ3) is 4.85. The quantitative estimate of drug-likeness (QED) is 0.395. The Morgan fingerprint density at radius 2 is 1.59 bits per heavy atom. The van der Waals surface area contributed by atoms with E-state index in [0.717, 1.165) is 48.9 Å². The summed E-state index contributed by atoms with van der Waals surface area (Å²) in [5.74, 6) is 0.873. The van der Waals surface area contributed by atoms with Crippen molar-refractivity contribution < 1.29 is 0 Å². The molecule has 0 fully saturated rings. The summed E-state index contributed by atoms with van der Waals surface area (Å²) in [5, 5.41) is 13.6. The van der Waals surface area contributed by atoms with Crippen LogP contribution in [0.25, 0.3) is 0 Å². The van der Waals surface area contributed by atoms with Crippen LogP contribution in [0.3, 0.4) is 0 Å². The summed E-state index contributed by atoms with van der Waals surface area (Å²) in [6, 6.07) is 27.2. The molecule has 0 saturated carbocycles. The van der Waals surface area contributed by atoms with Gasteiger partial charge in [0.25, 0.3) is 0 Å². The number of benzene rings is 3. The first-order valence-electron chi connectivity index (χ1n) is 10.6. The Labute approximate surface area is 199 Å². The van der Waals surface area contributed by atoms with Crippen molar-refractivity contribution in [2.24, 2.45) is 0 Å². The fourth-order valence-electron chi connectivity index (χ4n) is 4.35. The average Bonchev–Trinajstić information content (AvgIpc) is 3.28. The Morgan fingerprint density at radius 1 is 0.875 bits per heavy atom. The van der Waals surface area contributed by atoms with Gasteiger partial charge in [0.15, 0.2) is 5.82 Å². The largest absolute Gasteiger partial charge is 0.285 e. The van der Waals surface area contributed by atoms with Crippen molar-refractivity contribution >= 4 is 24.0 Å². The molecule has 0 N–H and O–H groups in total. The van der Waals surface area contributed by atoms with Crippen LogP contribution in [0.5, 0.6) is 0 Å². The van der Waals surface area contributed by atoms with Crippen LogP contribution in [-0.4, -0.2) is 31.7 Å². The highest BCUT2D eigenvalue weighted by Gasteiger charge is 2.30. The number of hydrogen-bond donors (Lipinski definition) is 0. The monoisotopic (exact) mass is 465 g/mol. The molecule has 4 aromatic rings. The lowest BCUT2D eigenvalue weighted by atomic mass is 9.96. The number of aromatic nitrogens is 4. The topological polar surface area (TPSA) is 46.8 Å². The molecule has 2 heterocycles. The third-order valence-corrected chi connectivity index (χ3v) is 6.22. The molecule has 0 amide bonds. The van der Waals surface area contributed by atoms with Crippen molar-refractivity contribution in [3.63, 3.8) is 0 Å². The number of aryl methyl sites for hydroxylation is 2. The zero-order valence-corrected chi connectivity index (χ0v) is 19.2. The van der Waals surface area contributed by atoms with Crippen molar-refractivity contribution in [3.05, 3.63) is 112 Å². The standard InChI is InChI=1S/C25H24ClN5.ClH/c26-23-12-10-21(11-13-23)24(30-16-15-20-8-4-5-9-22(20)18-30)25-27-28-29-31(25)17-14-19-6-2-1-3-7-19;/h1-13,24H,14-18H2;1H. The lowest BCUT2D eigenvalue weighted by Gasteiger charge is -2.35. The zero-order valence-electron chi connectivity index (χ0n) is 17.6. The molecule has 0 saturated heterocycles. The van der Waals surface area contributed by atoms with Crippen molar-refractivity contribution in [2.45, 2.75) is 32.0 Å². The minimum atomic E-state index is -0.0311. The van der Waals surface area contributed by atoms with Crippen LogP contribution in [0.1, 0.15) is 34.1 Å². The van der Waals surface area contributed by atoms with E-state index in [1.807, 2.05) is 22.9 Å². The molecule has 7 heteroatoms. The summed E-state index contributed by atoms with van der Waals surface area (Å²) in [5.41, 5.74) is 5.23. The second kappa shape index (κ2) is 10.3. The van der Waals surface area contributed by atoms with E-state index >= 15 is 0 Å². The normalized spacial score (nSPS) is 14.4. The van der Waals surface area contributed by atoms with E-state index in [4.69, 9.17) is 11.6 Å². The van der Waals surface area contributed by atoms with Crippen molar-refractivity contribution in [3.8, 4) is 0 Å². The molecule has 1 aliphatic rings. The Hall–Kier alpha value is -2.73. The first-order valence-corrected chi connectivity index (χ1v) is 11.0. The van der Waals surface area contributed by atoms with Gasteiger partial charge in [0.1, 0.15) is 0 Å². The van der Waals surface area contributed by atoms with E-state index < -0.39 is 0 Å². The molecule has 0 radical (unpaired) electrons. The fraction of sp³-hybridized carbons (Fsp3) is 0.240. The fourth-order valence-corrected chi connectivity index (χ4v) is 4.48. The van der Waals surface area contributed by atoms with E-state index in [9.17, 15) is 0 Å². The number of halogens is 2. The van der Waals surface area contributed by atoms with Gasteiger partial charge in [-0.3, -0.25) is 4.90 Å². The van der Waals surface area contributed by atoms with Gasteiger partial charge in [0.2, 0.25) is 0 Å². The van der Waals surface area contributed by atoms with E-state index in [1.165, 1.54) is 16.7 Å². The Balaban J connectivity index is 0.00000245. The summed E-state index contributed by atoms with van der Waals surface area (Å²) < 4.78 is 1.95. The van der Waals surface area contributed by atoms with Crippen LogP contribution in [0.4, 0.5) is 0 Å². The summed E-state index contributed by atoms with van der Waals surface area (Å²) >= 11 is 6.18.